The van der Waals surface area contributed by atoms with Gasteiger partial charge in [-0.1, -0.05) is 42.0 Å². The Morgan fingerprint density at radius 1 is 1.10 bits per heavy atom. The number of methoxy groups -OCH3 is 1. The summed E-state index contributed by atoms with van der Waals surface area (Å²) in [5.74, 6) is 0.863. The van der Waals surface area contributed by atoms with Crippen molar-refractivity contribution < 1.29 is 9.53 Å². The molecule has 0 bridgehead atoms. The van der Waals surface area contributed by atoms with Gasteiger partial charge in [-0.05, 0) is 19.1 Å². The van der Waals surface area contributed by atoms with Gasteiger partial charge < -0.3 is 15.0 Å². The van der Waals surface area contributed by atoms with E-state index in [1.54, 1.807) is 7.11 Å². The Morgan fingerprint density at radius 3 is 2.57 bits per heavy atom. The molecule has 0 unspecified atom stereocenters. The summed E-state index contributed by atoms with van der Waals surface area (Å²) < 4.78 is 5.47. The number of hydrogen-bond donors (Lipinski definition) is 1. The highest BCUT2D eigenvalue weighted by Gasteiger charge is 2.21. The van der Waals surface area contributed by atoms with E-state index in [2.05, 4.69) is 57.4 Å². The molecule has 1 aliphatic heterocycles. The monoisotopic (exact) mass is 422 g/mol. The number of anilines is 2. The average Bonchev–Trinajstić information content (AvgIpc) is 3.23. The molecule has 1 aromatic heterocycles. The van der Waals surface area contributed by atoms with Crippen LogP contribution in [0.3, 0.4) is 0 Å². The normalized spacial score (nSPS) is 14.5. The second kappa shape index (κ2) is 9.28. The molecule has 2 heterocycles. The van der Waals surface area contributed by atoms with Crippen molar-refractivity contribution in [3.05, 3.63) is 59.5 Å². The van der Waals surface area contributed by atoms with Crippen LogP contribution in [0.2, 0.25) is 0 Å². The highest BCUT2D eigenvalue weighted by Crippen LogP contribution is 2.28. The van der Waals surface area contributed by atoms with Gasteiger partial charge in [-0.3, -0.25) is 9.69 Å². The number of hydrogen-bond acceptors (Lipinski definition) is 6. The van der Waals surface area contributed by atoms with Crippen molar-refractivity contribution in [1.29, 1.82) is 0 Å². The molecule has 30 heavy (non-hydrogen) atoms. The lowest BCUT2D eigenvalue weighted by molar-refractivity contribution is -0.117. The molecular formula is C23H26N4O2S. The van der Waals surface area contributed by atoms with E-state index in [0.29, 0.717) is 11.7 Å². The smallest absolute Gasteiger partial charge is 0.240 e. The molecule has 0 radical (unpaired) electrons. The fourth-order valence-electron chi connectivity index (χ4n) is 3.59. The van der Waals surface area contributed by atoms with Crippen molar-refractivity contribution in [2.75, 3.05) is 50.1 Å². The summed E-state index contributed by atoms with van der Waals surface area (Å²) >= 11 is 1.46. The zero-order chi connectivity index (χ0) is 20.9. The molecule has 3 aromatic rings. The van der Waals surface area contributed by atoms with Crippen molar-refractivity contribution >= 4 is 28.1 Å². The number of rotatable bonds is 6. The van der Waals surface area contributed by atoms with Crippen LogP contribution in [0.1, 0.15) is 5.56 Å². The average molecular weight is 423 g/mol. The van der Waals surface area contributed by atoms with E-state index < -0.39 is 0 Å². The summed E-state index contributed by atoms with van der Waals surface area (Å²) in [6.07, 6.45) is 0. The summed E-state index contributed by atoms with van der Waals surface area (Å²) in [6.45, 7) is 5.83. The van der Waals surface area contributed by atoms with Crippen LogP contribution < -0.4 is 15.0 Å². The number of aromatic nitrogens is 1. The fraction of sp³-hybridized carbons (Fsp3) is 0.304. The van der Waals surface area contributed by atoms with Crippen molar-refractivity contribution in [3.8, 4) is 17.0 Å². The van der Waals surface area contributed by atoms with Gasteiger partial charge in [-0.15, -0.1) is 11.3 Å². The van der Waals surface area contributed by atoms with Gasteiger partial charge in [0.05, 0.1) is 25.0 Å². The van der Waals surface area contributed by atoms with Crippen LogP contribution in [-0.2, 0) is 4.79 Å². The Balaban J connectivity index is 1.29. The second-order valence-corrected chi connectivity index (χ2v) is 8.25. The van der Waals surface area contributed by atoms with Crippen molar-refractivity contribution in [1.82, 2.24) is 9.88 Å². The zero-order valence-electron chi connectivity index (χ0n) is 17.3. The van der Waals surface area contributed by atoms with Crippen LogP contribution in [0.15, 0.2) is 53.9 Å². The molecule has 0 saturated carbocycles. The molecule has 2 aromatic carbocycles. The Kier molecular flexibility index (Phi) is 6.30. The van der Waals surface area contributed by atoms with E-state index in [0.717, 1.165) is 48.9 Å². The molecule has 1 saturated heterocycles. The largest absolute Gasteiger partial charge is 0.495 e. The van der Waals surface area contributed by atoms with E-state index in [4.69, 9.17) is 4.74 Å². The highest BCUT2D eigenvalue weighted by molar-refractivity contribution is 7.14. The summed E-state index contributed by atoms with van der Waals surface area (Å²) in [5, 5.41) is 5.57. The molecule has 156 valence electrons. The number of aryl methyl sites for hydroxylation is 1. The van der Waals surface area contributed by atoms with Gasteiger partial charge in [0.15, 0.2) is 5.13 Å². The number of amides is 1. The predicted octanol–water partition coefficient (Wildman–Crippen LogP) is 3.89. The fourth-order valence-corrected chi connectivity index (χ4v) is 4.32. The third-order valence-electron chi connectivity index (χ3n) is 5.26. The molecule has 7 heteroatoms. The topological polar surface area (TPSA) is 57.7 Å². The molecule has 1 aliphatic rings. The number of benzene rings is 2. The van der Waals surface area contributed by atoms with Gasteiger partial charge in [0.1, 0.15) is 5.75 Å². The lowest BCUT2D eigenvalue weighted by atomic mass is 10.1. The first-order chi connectivity index (χ1) is 14.6. The minimum atomic E-state index is -0.0226. The number of nitrogens with zero attached hydrogens (tertiary/aromatic N) is 3. The number of carbonyl (C=O) groups excluding carboxylic acids is 1. The number of para-hydroxylation sites is 2. The number of nitrogens with one attached hydrogen (secondary N) is 1. The first-order valence-electron chi connectivity index (χ1n) is 10.0. The molecule has 1 fully saturated rings. The van der Waals surface area contributed by atoms with Crippen molar-refractivity contribution in [2.45, 2.75) is 6.92 Å². The van der Waals surface area contributed by atoms with E-state index in [9.17, 15) is 4.79 Å². The van der Waals surface area contributed by atoms with Gasteiger partial charge in [0.2, 0.25) is 5.91 Å². The van der Waals surface area contributed by atoms with Gasteiger partial charge in [0.25, 0.3) is 0 Å². The third kappa shape index (κ3) is 4.80. The van der Waals surface area contributed by atoms with E-state index in [-0.39, 0.29) is 5.91 Å². The standard InChI is InChI=1S/C23H26N4O2S/c1-17-7-9-18(10-8-17)19-16-30-23(24-19)25-22(28)15-26-11-13-27(14-12-26)20-5-3-4-6-21(20)29-2/h3-10,16H,11-15H2,1-2H3,(H,24,25,28). The minimum absolute atomic E-state index is 0.0226. The summed E-state index contributed by atoms with van der Waals surface area (Å²) in [6, 6.07) is 16.3. The molecule has 0 atom stereocenters. The van der Waals surface area contributed by atoms with Crippen LogP contribution in [-0.4, -0.2) is 55.6 Å². The number of thiazole rings is 1. The number of carbonyl (C=O) groups is 1. The number of ether oxygens (including phenoxy) is 1. The van der Waals surface area contributed by atoms with Gasteiger partial charge in [-0.2, -0.15) is 0 Å². The Hall–Kier alpha value is -2.90. The maximum atomic E-state index is 12.5. The molecular weight excluding hydrogens is 396 g/mol. The molecule has 1 N–H and O–H groups in total. The van der Waals surface area contributed by atoms with Gasteiger partial charge >= 0.3 is 0 Å². The molecule has 0 spiro atoms. The van der Waals surface area contributed by atoms with E-state index >= 15 is 0 Å². The summed E-state index contributed by atoms with van der Waals surface area (Å²) in [4.78, 5) is 21.5. The SMILES string of the molecule is COc1ccccc1N1CCN(CC(=O)Nc2nc(-c3ccc(C)cc3)cs2)CC1. The molecule has 1 amide bonds. The van der Waals surface area contributed by atoms with Crippen molar-refractivity contribution in [2.24, 2.45) is 0 Å². The van der Waals surface area contributed by atoms with E-state index in [1.807, 2.05) is 23.6 Å². The zero-order valence-corrected chi connectivity index (χ0v) is 18.1. The Bertz CT molecular complexity index is 994. The summed E-state index contributed by atoms with van der Waals surface area (Å²) in [5.41, 5.74) is 4.27. The maximum absolute atomic E-state index is 12.5. The first-order valence-corrected chi connectivity index (χ1v) is 10.9. The molecule has 0 aliphatic carbocycles. The highest BCUT2D eigenvalue weighted by atomic mass is 32.1. The third-order valence-corrected chi connectivity index (χ3v) is 6.02. The van der Waals surface area contributed by atoms with Gasteiger partial charge in [-0.25, -0.2) is 4.98 Å². The molecule has 6 nitrogen and oxygen atoms in total. The minimum Gasteiger partial charge on any atom is -0.495 e. The quantitative estimate of drug-likeness (QED) is 0.653. The van der Waals surface area contributed by atoms with E-state index in [1.165, 1.54) is 16.9 Å². The maximum Gasteiger partial charge on any atom is 0.240 e. The number of piperazine rings is 1. The Labute approximate surface area is 181 Å². The van der Waals surface area contributed by atoms with Crippen LogP contribution >= 0.6 is 11.3 Å². The van der Waals surface area contributed by atoms with Crippen LogP contribution in [0.25, 0.3) is 11.3 Å². The lowest BCUT2D eigenvalue weighted by Gasteiger charge is -2.36. The van der Waals surface area contributed by atoms with Crippen LogP contribution in [0.5, 0.6) is 5.75 Å². The van der Waals surface area contributed by atoms with Crippen molar-refractivity contribution in [3.63, 3.8) is 0 Å². The molecule has 4 rings (SSSR count). The summed E-state index contributed by atoms with van der Waals surface area (Å²) in [7, 11) is 1.70. The Morgan fingerprint density at radius 2 is 1.83 bits per heavy atom. The van der Waals surface area contributed by atoms with Gasteiger partial charge in [0, 0.05) is 37.1 Å². The first kappa shape index (κ1) is 20.4. The van der Waals surface area contributed by atoms with Crippen LogP contribution in [0, 0.1) is 6.92 Å². The second-order valence-electron chi connectivity index (χ2n) is 7.39. The lowest BCUT2D eigenvalue weighted by Crippen LogP contribution is -2.48. The van der Waals surface area contributed by atoms with Crippen LogP contribution in [0.4, 0.5) is 10.8 Å². The predicted molar refractivity (Wildman–Crippen MR) is 123 cm³/mol.